The Kier molecular flexibility index (Phi) is 4.18. The number of hydrogen-bond acceptors (Lipinski definition) is 4. The van der Waals surface area contributed by atoms with Crippen LogP contribution in [0.4, 0.5) is 0 Å². The number of nitrogens with one attached hydrogen (secondary N) is 1. The summed E-state index contributed by atoms with van der Waals surface area (Å²) in [6, 6.07) is 10.2. The summed E-state index contributed by atoms with van der Waals surface area (Å²) in [7, 11) is 0. The van der Waals surface area contributed by atoms with E-state index in [2.05, 4.69) is 27.4 Å². The van der Waals surface area contributed by atoms with Gasteiger partial charge in [-0.1, -0.05) is 30.3 Å². The Morgan fingerprint density at radius 1 is 1.15 bits per heavy atom. The second-order valence-corrected chi connectivity index (χ2v) is 7.16. The lowest BCUT2D eigenvalue weighted by molar-refractivity contribution is -0.130. The number of nitrogens with zero attached hydrogens (tertiary/aromatic N) is 3. The molecule has 0 bridgehead atoms. The SMILES string of the molecule is Cc1cnc(C(=O)N2CCC3(CC2)C(=O)NCC3c2ccccc2)cn1. The summed E-state index contributed by atoms with van der Waals surface area (Å²) in [5.74, 6) is 0.170. The van der Waals surface area contributed by atoms with Crippen molar-refractivity contribution in [2.24, 2.45) is 5.41 Å². The molecule has 26 heavy (non-hydrogen) atoms. The highest BCUT2D eigenvalue weighted by molar-refractivity contribution is 5.92. The molecule has 1 aromatic heterocycles. The third kappa shape index (κ3) is 2.75. The van der Waals surface area contributed by atoms with Crippen molar-refractivity contribution in [3.05, 3.63) is 59.7 Å². The van der Waals surface area contributed by atoms with Gasteiger partial charge in [-0.3, -0.25) is 14.6 Å². The van der Waals surface area contributed by atoms with E-state index in [0.717, 1.165) is 5.69 Å². The Balaban J connectivity index is 1.52. The van der Waals surface area contributed by atoms with Crippen molar-refractivity contribution in [1.29, 1.82) is 0 Å². The van der Waals surface area contributed by atoms with E-state index < -0.39 is 5.41 Å². The number of aryl methyl sites for hydroxylation is 1. The topological polar surface area (TPSA) is 75.2 Å². The van der Waals surface area contributed by atoms with Gasteiger partial charge in [0.2, 0.25) is 5.91 Å². The zero-order chi connectivity index (χ0) is 18.1. The van der Waals surface area contributed by atoms with Crippen molar-refractivity contribution in [3.8, 4) is 0 Å². The first kappa shape index (κ1) is 16.7. The summed E-state index contributed by atoms with van der Waals surface area (Å²) >= 11 is 0. The molecule has 0 radical (unpaired) electrons. The van der Waals surface area contributed by atoms with Gasteiger partial charge in [-0.15, -0.1) is 0 Å². The molecule has 2 fully saturated rings. The first-order valence-corrected chi connectivity index (χ1v) is 9.01. The fourth-order valence-electron chi connectivity index (χ4n) is 4.20. The lowest BCUT2D eigenvalue weighted by Crippen LogP contribution is -2.48. The van der Waals surface area contributed by atoms with Crippen molar-refractivity contribution in [2.45, 2.75) is 25.7 Å². The minimum Gasteiger partial charge on any atom is -0.355 e. The molecular formula is C20H22N4O2. The highest BCUT2D eigenvalue weighted by Crippen LogP contribution is 2.47. The maximum Gasteiger partial charge on any atom is 0.274 e. The van der Waals surface area contributed by atoms with Crippen LogP contribution in [0.25, 0.3) is 0 Å². The summed E-state index contributed by atoms with van der Waals surface area (Å²) in [5.41, 5.74) is 1.92. The largest absolute Gasteiger partial charge is 0.355 e. The molecule has 3 heterocycles. The lowest BCUT2D eigenvalue weighted by Gasteiger charge is -2.40. The van der Waals surface area contributed by atoms with Crippen LogP contribution in [0.2, 0.25) is 0 Å². The van der Waals surface area contributed by atoms with Gasteiger partial charge in [0.1, 0.15) is 5.69 Å². The lowest BCUT2D eigenvalue weighted by atomic mass is 9.68. The second kappa shape index (κ2) is 6.52. The summed E-state index contributed by atoms with van der Waals surface area (Å²) in [6.45, 7) is 3.63. The molecule has 0 saturated carbocycles. The fraction of sp³-hybridized carbons (Fsp3) is 0.400. The van der Waals surface area contributed by atoms with Crippen LogP contribution in [0.5, 0.6) is 0 Å². The Bertz CT molecular complexity index is 811. The predicted molar refractivity (Wildman–Crippen MR) is 96.5 cm³/mol. The normalized spacial score (nSPS) is 21.7. The number of benzene rings is 1. The van der Waals surface area contributed by atoms with Crippen molar-refractivity contribution < 1.29 is 9.59 Å². The van der Waals surface area contributed by atoms with E-state index >= 15 is 0 Å². The quantitative estimate of drug-likeness (QED) is 0.898. The molecule has 2 aliphatic heterocycles. The fourth-order valence-corrected chi connectivity index (χ4v) is 4.20. The van der Waals surface area contributed by atoms with Crippen LogP contribution in [0.15, 0.2) is 42.7 Å². The third-order valence-electron chi connectivity index (χ3n) is 5.73. The van der Waals surface area contributed by atoms with Crippen molar-refractivity contribution >= 4 is 11.8 Å². The molecule has 1 unspecified atom stereocenters. The Labute approximate surface area is 152 Å². The van der Waals surface area contributed by atoms with E-state index in [9.17, 15) is 9.59 Å². The van der Waals surface area contributed by atoms with Gasteiger partial charge in [-0.25, -0.2) is 4.98 Å². The number of amides is 2. The molecule has 0 aliphatic carbocycles. The highest BCUT2D eigenvalue weighted by Gasteiger charge is 2.52. The van der Waals surface area contributed by atoms with Crippen molar-refractivity contribution in [2.75, 3.05) is 19.6 Å². The summed E-state index contributed by atoms with van der Waals surface area (Å²) in [4.78, 5) is 35.5. The van der Waals surface area contributed by atoms with Gasteiger partial charge in [0.05, 0.1) is 17.3 Å². The van der Waals surface area contributed by atoms with E-state index in [1.54, 1.807) is 11.1 Å². The van der Waals surface area contributed by atoms with Gasteiger partial charge in [0.15, 0.2) is 0 Å². The average molecular weight is 350 g/mol. The number of hydrogen-bond donors (Lipinski definition) is 1. The molecule has 2 amide bonds. The molecule has 134 valence electrons. The minimum atomic E-state index is -0.420. The molecular weight excluding hydrogens is 328 g/mol. The van der Waals surface area contributed by atoms with Crippen LogP contribution < -0.4 is 5.32 Å². The van der Waals surface area contributed by atoms with E-state index in [4.69, 9.17) is 0 Å². The molecule has 2 saturated heterocycles. The van der Waals surface area contributed by atoms with E-state index in [0.29, 0.717) is 38.2 Å². The van der Waals surface area contributed by atoms with Gasteiger partial charge >= 0.3 is 0 Å². The second-order valence-electron chi connectivity index (χ2n) is 7.16. The average Bonchev–Trinajstić information content (AvgIpc) is 2.99. The summed E-state index contributed by atoms with van der Waals surface area (Å²) in [6.07, 6.45) is 4.47. The van der Waals surface area contributed by atoms with E-state index in [1.807, 2.05) is 25.1 Å². The third-order valence-corrected chi connectivity index (χ3v) is 5.73. The summed E-state index contributed by atoms with van der Waals surface area (Å²) in [5, 5.41) is 3.05. The molecule has 6 nitrogen and oxygen atoms in total. The number of rotatable bonds is 2. The molecule has 2 aromatic rings. The van der Waals surface area contributed by atoms with Gasteiger partial charge in [-0.05, 0) is 25.3 Å². The van der Waals surface area contributed by atoms with Crippen molar-refractivity contribution in [1.82, 2.24) is 20.2 Å². The monoisotopic (exact) mass is 350 g/mol. The molecule has 6 heteroatoms. The number of carbonyl (C=O) groups is 2. The number of likely N-dealkylation sites (tertiary alicyclic amines) is 1. The first-order chi connectivity index (χ1) is 12.6. The van der Waals surface area contributed by atoms with Gasteiger partial charge in [-0.2, -0.15) is 0 Å². The van der Waals surface area contributed by atoms with Crippen LogP contribution >= 0.6 is 0 Å². The Hall–Kier alpha value is -2.76. The van der Waals surface area contributed by atoms with Crippen LogP contribution in [-0.4, -0.2) is 46.3 Å². The Morgan fingerprint density at radius 3 is 2.54 bits per heavy atom. The van der Waals surface area contributed by atoms with Gasteiger partial charge in [0, 0.05) is 31.7 Å². The number of carbonyl (C=O) groups excluding carboxylic acids is 2. The van der Waals surface area contributed by atoms with Crippen molar-refractivity contribution in [3.63, 3.8) is 0 Å². The number of aromatic nitrogens is 2. The van der Waals surface area contributed by atoms with Crippen LogP contribution in [0.1, 0.15) is 40.5 Å². The van der Waals surface area contributed by atoms with Crippen LogP contribution in [0, 0.1) is 12.3 Å². The van der Waals surface area contributed by atoms with Gasteiger partial charge < -0.3 is 10.2 Å². The predicted octanol–water partition coefficient (Wildman–Crippen LogP) is 1.92. The number of piperidine rings is 1. The van der Waals surface area contributed by atoms with Crippen LogP contribution in [-0.2, 0) is 4.79 Å². The maximum atomic E-state index is 12.7. The molecule has 1 spiro atoms. The van der Waals surface area contributed by atoms with Crippen LogP contribution in [0.3, 0.4) is 0 Å². The molecule has 1 atom stereocenters. The van der Waals surface area contributed by atoms with Gasteiger partial charge in [0.25, 0.3) is 5.91 Å². The standard InChI is InChI=1S/C20H22N4O2/c1-14-11-22-17(13-21-14)18(25)24-9-7-20(8-10-24)16(12-23-19(20)26)15-5-3-2-4-6-15/h2-6,11,13,16H,7-10,12H2,1H3,(H,23,26). The van der Waals surface area contributed by atoms with E-state index in [-0.39, 0.29) is 17.7 Å². The first-order valence-electron chi connectivity index (χ1n) is 9.01. The minimum absolute atomic E-state index is 0.109. The zero-order valence-corrected chi connectivity index (χ0v) is 14.8. The maximum absolute atomic E-state index is 12.7. The molecule has 1 N–H and O–H groups in total. The summed E-state index contributed by atoms with van der Waals surface area (Å²) < 4.78 is 0. The molecule has 4 rings (SSSR count). The van der Waals surface area contributed by atoms with E-state index in [1.165, 1.54) is 11.8 Å². The Morgan fingerprint density at radius 2 is 1.88 bits per heavy atom. The molecule has 1 aromatic carbocycles. The highest BCUT2D eigenvalue weighted by atomic mass is 16.2. The zero-order valence-electron chi connectivity index (χ0n) is 14.8. The molecule has 2 aliphatic rings. The smallest absolute Gasteiger partial charge is 0.274 e.